The fourth-order valence-electron chi connectivity index (χ4n) is 2.97. The van der Waals surface area contributed by atoms with Crippen molar-refractivity contribution in [3.8, 4) is 0 Å². The van der Waals surface area contributed by atoms with Crippen molar-refractivity contribution in [1.29, 1.82) is 0 Å². The molecule has 1 unspecified atom stereocenters. The lowest BCUT2D eigenvalue weighted by molar-refractivity contribution is 0.497. The summed E-state index contributed by atoms with van der Waals surface area (Å²) in [6.07, 6.45) is 0. The van der Waals surface area contributed by atoms with Crippen molar-refractivity contribution in [3.05, 3.63) is 81.8 Å². The summed E-state index contributed by atoms with van der Waals surface area (Å²) in [5.41, 5.74) is 2.43. The van der Waals surface area contributed by atoms with Gasteiger partial charge in [0, 0.05) is 12.1 Å². The molecule has 0 aromatic heterocycles. The van der Waals surface area contributed by atoms with E-state index in [1.165, 1.54) is 16.3 Å². The molecule has 3 aromatic rings. The molecule has 1 N–H and O–H groups in total. The Morgan fingerprint density at radius 3 is 2.30 bits per heavy atom. The molecule has 0 aliphatic carbocycles. The maximum Gasteiger partial charge on any atom is 0.0595 e. The number of rotatable bonds is 4. The normalized spacial score (nSPS) is 13.9. The summed E-state index contributed by atoms with van der Waals surface area (Å²) in [7, 11) is 0. The monoisotopic (exact) mass is 343 g/mol. The van der Waals surface area contributed by atoms with E-state index in [0.29, 0.717) is 10.0 Å². The molecule has 0 spiro atoms. The van der Waals surface area contributed by atoms with Gasteiger partial charge >= 0.3 is 0 Å². The number of benzene rings is 3. The van der Waals surface area contributed by atoms with Gasteiger partial charge in [0.1, 0.15) is 0 Å². The summed E-state index contributed by atoms with van der Waals surface area (Å²) >= 11 is 12.1. The Labute approximate surface area is 147 Å². The lowest BCUT2D eigenvalue weighted by Crippen LogP contribution is -2.22. The van der Waals surface area contributed by atoms with Gasteiger partial charge in [0.25, 0.3) is 0 Å². The van der Waals surface area contributed by atoms with Crippen LogP contribution in [0.5, 0.6) is 0 Å². The molecule has 0 saturated heterocycles. The predicted octanol–water partition coefficient (Wildman–Crippen LogP) is 6.56. The number of fused-ring (bicyclic) bond motifs is 1. The van der Waals surface area contributed by atoms with Crippen LogP contribution >= 0.6 is 23.2 Å². The minimum Gasteiger partial charge on any atom is -0.304 e. The van der Waals surface area contributed by atoms with Crippen LogP contribution in [-0.2, 0) is 0 Å². The molecular weight excluding hydrogens is 325 g/mol. The SMILES string of the molecule is CC(N[C@@H](C)c1cccc2ccccc12)c1ccc(Cl)c(Cl)c1. The van der Waals surface area contributed by atoms with Crippen molar-refractivity contribution < 1.29 is 0 Å². The molecule has 0 radical (unpaired) electrons. The largest absolute Gasteiger partial charge is 0.304 e. The first-order valence-electron chi connectivity index (χ1n) is 7.75. The average molecular weight is 344 g/mol. The van der Waals surface area contributed by atoms with Gasteiger partial charge in [-0.25, -0.2) is 0 Å². The molecule has 0 saturated carbocycles. The van der Waals surface area contributed by atoms with E-state index in [4.69, 9.17) is 23.2 Å². The van der Waals surface area contributed by atoms with Crippen LogP contribution in [0.15, 0.2) is 60.7 Å². The highest BCUT2D eigenvalue weighted by molar-refractivity contribution is 6.42. The Hall–Kier alpha value is -1.54. The van der Waals surface area contributed by atoms with Crippen molar-refractivity contribution in [2.75, 3.05) is 0 Å². The summed E-state index contributed by atoms with van der Waals surface area (Å²) in [5.74, 6) is 0. The van der Waals surface area contributed by atoms with Crippen LogP contribution in [0.25, 0.3) is 10.8 Å². The standard InChI is InChI=1S/C20H19Cl2N/c1-13(16-10-11-19(21)20(22)12-16)23-14(2)17-9-5-7-15-6-3-4-8-18(15)17/h3-14,23H,1-2H3/t13?,14-/m0/s1. The van der Waals surface area contributed by atoms with Gasteiger partial charge in [0.05, 0.1) is 10.0 Å². The topological polar surface area (TPSA) is 12.0 Å². The molecule has 0 heterocycles. The molecule has 0 aliphatic rings. The first-order valence-corrected chi connectivity index (χ1v) is 8.50. The molecular formula is C20H19Cl2N. The number of hydrogen-bond donors (Lipinski definition) is 1. The van der Waals surface area contributed by atoms with Crippen LogP contribution in [0, 0.1) is 0 Å². The maximum atomic E-state index is 6.13. The van der Waals surface area contributed by atoms with Crippen LogP contribution < -0.4 is 5.32 Å². The van der Waals surface area contributed by atoms with E-state index >= 15 is 0 Å². The fraction of sp³-hybridized carbons (Fsp3) is 0.200. The summed E-state index contributed by atoms with van der Waals surface area (Å²) in [4.78, 5) is 0. The predicted molar refractivity (Wildman–Crippen MR) is 100 cm³/mol. The molecule has 2 atom stereocenters. The second-order valence-corrected chi connectivity index (χ2v) is 6.67. The Balaban J connectivity index is 1.85. The summed E-state index contributed by atoms with van der Waals surface area (Å²) in [5, 5.41) is 7.38. The smallest absolute Gasteiger partial charge is 0.0595 e. The van der Waals surface area contributed by atoms with E-state index in [-0.39, 0.29) is 12.1 Å². The van der Waals surface area contributed by atoms with Gasteiger partial charge in [-0.2, -0.15) is 0 Å². The van der Waals surface area contributed by atoms with Gasteiger partial charge in [-0.3, -0.25) is 0 Å². The maximum absolute atomic E-state index is 6.13. The molecule has 0 amide bonds. The lowest BCUT2D eigenvalue weighted by atomic mass is 9.98. The van der Waals surface area contributed by atoms with E-state index in [2.05, 4.69) is 61.6 Å². The zero-order valence-corrected chi connectivity index (χ0v) is 14.7. The van der Waals surface area contributed by atoms with Crippen molar-refractivity contribution in [3.63, 3.8) is 0 Å². The van der Waals surface area contributed by atoms with Crippen LogP contribution in [0.3, 0.4) is 0 Å². The Morgan fingerprint density at radius 1 is 0.783 bits per heavy atom. The van der Waals surface area contributed by atoms with Crippen molar-refractivity contribution >= 4 is 34.0 Å². The van der Waals surface area contributed by atoms with Gasteiger partial charge in [-0.15, -0.1) is 0 Å². The third-order valence-electron chi connectivity index (χ3n) is 4.23. The molecule has 3 rings (SSSR count). The van der Waals surface area contributed by atoms with Gasteiger partial charge in [0.15, 0.2) is 0 Å². The van der Waals surface area contributed by atoms with Crippen molar-refractivity contribution in [2.45, 2.75) is 25.9 Å². The average Bonchev–Trinajstić information content (AvgIpc) is 2.56. The van der Waals surface area contributed by atoms with Gasteiger partial charge in [-0.1, -0.05) is 71.7 Å². The minimum atomic E-state index is 0.179. The molecule has 118 valence electrons. The Morgan fingerprint density at radius 2 is 1.52 bits per heavy atom. The van der Waals surface area contributed by atoms with E-state index in [9.17, 15) is 0 Å². The Bertz CT molecular complexity index is 823. The lowest BCUT2D eigenvalue weighted by Gasteiger charge is -2.22. The quantitative estimate of drug-likeness (QED) is 0.565. The zero-order chi connectivity index (χ0) is 16.4. The summed E-state index contributed by atoms with van der Waals surface area (Å²) < 4.78 is 0. The van der Waals surface area contributed by atoms with Crippen molar-refractivity contribution in [2.24, 2.45) is 0 Å². The van der Waals surface area contributed by atoms with Gasteiger partial charge < -0.3 is 5.32 Å². The molecule has 23 heavy (non-hydrogen) atoms. The van der Waals surface area contributed by atoms with Crippen LogP contribution in [0.4, 0.5) is 0 Å². The van der Waals surface area contributed by atoms with E-state index < -0.39 is 0 Å². The van der Waals surface area contributed by atoms with E-state index in [1.807, 2.05) is 18.2 Å². The summed E-state index contributed by atoms with van der Waals surface area (Å²) in [6.45, 7) is 4.33. The number of nitrogens with one attached hydrogen (secondary N) is 1. The van der Waals surface area contributed by atoms with Gasteiger partial charge in [-0.05, 0) is 47.9 Å². The molecule has 0 bridgehead atoms. The van der Waals surface area contributed by atoms with Crippen LogP contribution in [0.1, 0.15) is 37.1 Å². The first-order chi connectivity index (χ1) is 11.1. The van der Waals surface area contributed by atoms with Crippen molar-refractivity contribution in [1.82, 2.24) is 5.32 Å². The molecule has 3 aromatic carbocycles. The third kappa shape index (κ3) is 3.53. The van der Waals surface area contributed by atoms with E-state index in [0.717, 1.165) is 5.56 Å². The van der Waals surface area contributed by atoms with Gasteiger partial charge in [0.2, 0.25) is 0 Å². The number of halogens is 2. The van der Waals surface area contributed by atoms with Crippen LogP contribution in [-0.4, -0.2) is 0 Å². The second-order valence-electron chi connectivity index (χ2n) is 5.85. The molecule has 1 nitrogen and oxygen atoms in total. The minimum absolute atomic E-state index is 0.179. The van der Waals surface area contributed by atoms with E-state index in [1.54, 1.807) is 0 Å². The third-order valence-corrected chi connectivity index (χ3v) is 4.97. The molecule has 3 heteroatoms. The zero-order valence-electron chi connectivity index (χ0n) is 13.2. The highest BCUT2D eigenvalue weighted by Gasteiger charge is 2.14. The highest BCUT2D eigenvalue weighted by atomic mass is 35.5. The number of hydrogen-bond acceptors (Lipinski definition) is 1. The Kier molecular flexibility index (Phi) is 4.91. The molecule has 0 aliphatic heterocycles. The highest BCUT2D eigenvalue weighted by Crippen LogP contribution is 2.29. The summed E-state index contributed by atoms with van der Waals surface area (Å²) in [6, 6.07) is 21.1. The fourth-order valence-corrected chi connectivity index (χ4v) is 3.28. The second kappa shape index (κ2) is 6.92. The first kappa shape index (κ1) is 16.3. The molecule has 0 fully saturated rings. The van der Waals surface area contributed by atoms with Crippen LogP contribution in [0.2, 0.25) is 10.0 Å².